The molecule has 0 spiro atoms. The molecule has 0 atom stereocenters. The van der Waals surface area contributed by atoms with Crippen molar-refractivity contribution in [1.29, 1.82) is 0 Å². The second kappa shape index (κ2) is 8.13. The highest BCUT2D eigenvalue weighted by molar-refractivity contribution is 9.10. The highest BCUT2D eigenvalue weighted by atomic mass is 79.9. The second-order valence-electron chi connectivity index (χ2n) is 5.64. The lowest BCUT2D eigenvalue weighted by atomic mass is 10.2. The van der Waals surface area contributed by atoms with Gasteiger partial charge in [0.05, 0.1) is 17.1 Å². The number of alkyl halides is 2. The van der Waals surface area contributed by atoms with E-state index in [4.69, 9.17) is 0 Å². The Bertz CT molecular complexity index is 920. The molecule has 0 aliphatic carbocycles. The number of carbonyl (C=O) groups is 1. The molecule has 0 bridgehead atoms. The molecule has 0 saturated carbocycles. The summed E-state index contributed by atoms with van der Waals surface area (Å²) in [4.78, 5) is 13.1. The number of nitrogens with zero attached hydrogens (tertiary/aromatic N) is 1. The number of aryl methyl sites for hydroxylation is 1. The SMILES string of the molecule is Cc1cc(Br)ccc1NC(=O)CN(C)c1ccccc1S(=O)(=O)C(F)F. The first-order valence-corrected chi connectivity index (χ1v) is 9.85. The number of amides is 1. The topological polar surface area (TPSA) is 66.5 Å². The van der Waals surface area contributed by atoms with Crippen LogP contribution in [0.25, 0.3) is 0 Å². The smallest absolute Gasteiger partial charge is 0.341 e. The molecule has 0 aromatic heterocycles. The first kappa shape index (κ1) is 20.3. The fourth-order valence-corrected chi connectivity index (χ4v) is 3.82. The van der Waals surface area contributed by atoms with Crippen LogP contribution in [0, 0.1) is 6.92 Å². The normalized spacial score (nSPS) is 11.5. The largest absolute Gasteiger partial charge is 0.364 e. The van der Waals surface area contributed by atoms with Crippen LogP contribution in [0.15, 0.2) is 51.8 Å². The molecule has 140 valence electrons. The van der Waals surface area contributed by atoms with Gasteiger partial charge >= 0.3 is 5.76 Å². The molecule has 1 N–H and O–H groups in total. The lowest BCUT2D eigenvalue weighted by Crippen LogP contribution is -2.31. The van der Waals surface area contributed by atoms with Gasteiger partial charge in [-0.1, -0.05) is 28.1 Å². The van der Waals surface area contributed by atoms with Crippen molar-refractivity contribution in [1.82, 2.24) is 0 Å². The lowest BCUT2D eigenvalue weighted by Gasteiger charge is -2.22. The number of halogens is 3. The van der Waals surface area contributed by atoms with E-state index in [-0.39, 0.29) is 12.2 Å². The van der Waals surface area contributed by atoms with Crippen molar-refractivity contribution in [2.24, 2.45) is 0 Å². The van der Waals surface area contributed by atoms with Gasteiger partial charge in [0.25, 0.3) is 0 Å². The monoisotopic (exact) mass is 446 g/mol. The average molecular weight is 447 g/mol. The maximum absolute atomic E-state index is 12.9. The molecule has 9 heteroatoms. The van der Waals surface area contributed by atoms with Crippen molar-refractivity contribution in [3.05, 3.63) is 52.5 Å². The Balaban J connectivity index is 2.20. The predicted octanol–water partition coefficient (Wildman–Crippen LogP) is 3.83. The van der Waals surface area contributed by atoms with Crippen LogP contribution in [0.5, 0.6) is 0 Å². The van der Waals surface area contributed by atoms with Crippen molar-refractivity contribution >= 4 is 43.0 Å². The van der Waals surface area contributed by atoms with Gasteiger partial charge in [-0.05, 0) is 42.8 Å². The minimum absolute atomic E-state index is 0.0375. The molecule has 2 aromatic carbocycles. The van der Waals surface area contributed by atoms with E-state index >= 15 is 0 Å². The molecule has 0 unspecified atom stereocenters. The number of nitrogens with one attached hydrogen (secondary N) is 1. The summed E-state index contributed by atoms with van der Waals surface area (Å²) < 4.78 is 50.3. The average Bonchev–Trinajstić information content (AvgIpc) is 2.57. The van der Waals surface area contributed by atoms with E-state index < -0.39 is 26.4 Å². The maximum Gasteiger partial charge on any atom is 0.341 e. The summed E-state index contributed by atoms with van der Waals surface area (Å²) in [6.45, 7) is 1.62. The number of carbonyl (C=O) groups excluding carboxylic acids is 1. The molecular formula is C17H17BrF2N2O3S. The van der Waals surface area contributed by atoms with Crippen molar-refractivity contribution in [3.63, 3.8) is 0 Å². The zero-order chi connectivity index (χ0) is 19.5. The minimum atomic E-state index is -4.77. The molecular weight excluding hydrogens is 430 g/mol. The van der Waals surface area contributed by atoms with E-state index in [9.17, 15) is 22.0 Å². The number of benzene rings is 2. The van der Waals surface area contributed by atoms with Gasteiger partial charge in [0, 0.05) is 17.2 Å². The van der Waals surface area contributed by atoms with Crippen LogP contribution < -0.4 is 10.2 Å². The molecule has 0 heterocycles. The lowest BCUT2D eigenvalue weighted by molar-refractivity contribution is -0.114. The minimum Gasteiger partial charge on any atom is -0.364 e. The molecule has 2 aromatic rings. The summed E-state index contributed by atoms with van der Waals surface area (Å²) >= 11 is 3.33. The molecule has 0 aliphatic heterocycles. The molecule has 2 rings (SSSR count). The molecule has 0 fully saturated rings. The Hall–Kier alpha value is -2.00. The number of hydrogen-bond donors (Lipinski definition) is 1. The van der Waals surface area contributed by atoms with Crippen LogP contribution in [0.4, 0.5) is 20.2 Å². The van der Waals surface area contributed by atoms with Gasteiger partial charge in [0.15, 0.2) is 0 Å². The summed E-state index contributed by atoms with van der Waals surface area (Å²) in [5.41, 5.74) is 1.49. The van der Waals surface area contributed by atoms with Crippen LogP contribution in [0.3, 0.4) is 0 Å². The molecule has 0 aliphatic rings. The van der Waals surface area contributed by atoms with Crippen molar-refractivity contribution < 1.29 is 22.0 Å². The number of anilines is 2. The Morgan fingerprint density at radius 2 is 1.88 bits per heavy atom. The predicted molar refractivity (Wildman–Crippen MR) is 100 cm³/mol. The van der Waals surface area contributed by atoms with Gasteiger partial charge in [-0.25, -0.2) is 8.42 Å². The van der Waals surface area contributed by atoms with Gasteiger partial charge in [-0.3, -0.25) is 4.79 Å². The quantitative estimate of drug-likeness (QED) is 0.731. The van der Waals surface area contributed by atoms with Crippen LogP contribution in [-0.2, 0) is 14.6 Å². The van der Waals surface area contributed by atoms with Gasteiger partial charge in [-0.15, -0.1) is 0 Å². The summed E-state index contributed by atoms with van der Waals surface area (Å²) in [6, 6.07) is 10.7. The zero-order valence-electron chi connectivity index (χ0n) is 14.0. The molecule has 26 heavy (non-hydrogen) atoms. The van der Waals surface area contributed by atoms with E-state index in [0.717, 1.165) is 16.1 Å². The van der Waals surface area contributed by atoms with Crippen LogP contribution in [-0.4, -0.2) is 33.7 Å². The summed E-state index contributed by atoms with van der Waals surface area (Å²) in [5.74, 6) is -3.93. The Morgan fingerprint density at radius 1 is 1.23 bits per heavy atom. The summed E-state index contributed by atoms with van der Waals surface area (Å²) in [5, 5.41) is 2.72. The maximum atomic E-state index is 12.9. The number of sulfone groups is 1. The molecule has 1 amide bonds. The fraction of sp³-hybridized carbons (Fsp3) is 0.235. The van der Waals surface area contributed by atoms with Gasteiger partial charge < -0.3 is 10.2 Å². The second-order valence-corrected chi connectivity index (χ2v) is 8.44. The van der Waals surface area contributed by atoms with Crippen LogP contribution in [0.1, 0.15) is 5.56 Å². The molecule has 5 nitrogen and oxygen atoms in total. The summed E-state index contributed by atoms with van der Waals surface area (Å²) in [7, 11) is -3.30. The van der Waals surface area contributed by atoms with Crippen molar-refractivity contribution in [2.45, 2.75) is 17.6 Å². The third kappa shape index (κ3) is 4.59. The highest BCUT2D eigenvalue weighted by Crippen LogP contribution is 2.28. The van der Waals surface area contributed by atoms with Crippen molar-refractivity contribution in [3.8, 4) is 0 Å². The van der Waals surface area contributed by atoms with E-state index in [0.29, 0.717) is 5.69 Å². The first-order chi connectivity index (χ1) is 12.1. The van der Waals surface area contributed by atoms with E-state index in [1.165, 1.54) is 30.1 Å². The first-order valence-electron chi connectivity index (χ1n) is 7.51. The number of hydrogen-bond acceptors (Lipinski definition) is 4. The van der Waals surface area contributed by atoms with Gasteiger partial charge in [0.2, 0.25) is 15.7 Å². The van der Waals surface area contributed by atoms with E-state index in [1.807, 2.05) is 13.0 Å². The number of rotatable bonds is 6. The Labute approximate surface area is 159 Å². The Morgan fingerprint density at radius 3 is 2.50 bits per heavy atom. The highest BCUT2D eigenvalue weighted by Gasteiger charge is 2.30. The molecule has 0 saturated heterocycles. The Kier molecular flexibility index (Phi) is 6.35. The van der Waals surface area contributed by atoms with Crippen LogP contribution in [0.2, 0.25) is 0 Å². The van der Waals surface area contributed by atoms with Crippen molar-refractivity contribution in [2.75, 3.05) is 23.8 Å². The third-order valence-corrected chi connectivity index (χ3v) is 5.58. The zero-order valence-corrected chi connectivity index (χ0v) is 16.4. The number of para-hydroxylation sites is 1. The number of likely N-dealkylation sites (N-methyl/N-ethyl adjacent to an activating group) is 1. The third-order valence-electron chi connectivity index (χ3n) is 3.66. The van der Waals surface area contributed by atoms with Gasteiger partial charge in [-0.2, -0.15) is 8.78 Å². The summed E-state index contributed by atoms with van der Waals surface area (Å²) in [6.07, 6.45) is 0. The van der Waals surface area contributed by atoms with Crippen LogP contribution >= 0.6 is 15.9 Å². The van der Waals surface area contributed by atoms with E-state index in [2.05, 4.69) is 21.2 Å². The van der Waals surface area contributed by atoms with Gasteiger partial charge in [0.1, 0.15) is 0 Å². The standard InChI is InChI=1S/C17H17BrF2N2O3S/c1-11-9-12(18)7-8-13(11)21-16(23)10-22(2)14-5-3-4-6-15(14)26(24,25)17(19)20/h3-9,17H,10H2,1-2H3,(H,21,23). The fourth-order valence-electron chi connectivity index (χ4n) is 2.37. The molecule has 0 radical (unpaired) electrons. The van der Waals surface area contributed by atoms with E-state index in [1.54, 1.807) is 12.1 Å².